The third-order valence-electron chi connectivity index (χ3n) is 4.65. The number of anilines is 1. The van der Waals surface area contributed by atoms with E-state index in [0.29, 0.717) is 9.88 Å². The highest BCUT2D eigenvalue weighted by molar-refractivity contribution is 7.17. The number of ether oxygens (including phenoxy) is 1. The van der Waals surface area contributed by atoms with Gasteiger partial charge in [-0.1, -0.05) is 12.2 Å². The van der Waals surface area contributed by atoms with Gasteiger partial charge in [0, 0.05) is 0 Å². The van der Waals surface area contributed by atoms with Gasteiger partial charge < -0.3 is 4.74 Å². The molecule has 0 saturated carbocycles. The molecule has 4 atom stereocenters. The van der Waals surface area contributed by atoms with Gasteiger partial charge in [0.1, 0.15) is 15.9 Å². The predicted molar refractivity (Wildman–Crippen MR) is 75.5 cm³/mol. The van der Waals surface area contributed by atoms with Gasteiger partial charge in [-0.2, -0.15) is 5.26 Å². The Hall–Kier alpha value is -1.97. The summed E-state index contributed by atoms with van der Waals surface area (Å²) in [6.07, 6.45) is 3.77. The molecule has 2 unspecified atom stereocenters. The minimum Gasteiger partial charge on any atom is -0.359 e. The van der Waals surface area contributed by atoms with Crippen LogP contribution in [0.1, 0.15) is 18.7 Å². The van der Waals surface area contributed by atoms with Gasteiger partial charge in [-0.25, -0.2) is 4.90 Å². The summed E-state index contributed by atoms with van der Waals surface area (Å²) in [5, 5.41) is 9.42. The fourth-order valence-electron chi connectivity index (χ4n) is 3.76. The third kappa shape index (κ3) is 1.38. The fourth-order valence-corrected chi connectivity index (χ4v) is 4.57. The van der Waals surface area contributed by atoms with Gasteiger partial charge in [-0.3, -0.25) is 9.59 Å². The molecule has 2 saturated heterocycles. The lowest BCUT2D eigenvalue weighted by atomic mass is 9.73. The fraction of sp³-hybridized carbons (Fsp3) is 0.400. The molecule has 4 heterocycles. The zero-order chi connectivity index (χ0) is 15.0. The summed E-state index contributed by atoms with van der Waals surface area (Å²) < 4.78 is 5.94. The van der Waals surface area contributed by atoms with E-state index >= 15 is 0 Å². The molecule has 3 aliphatic heterocycles. The summed E-state index contributed by atoms with van der Waals surface area (Å²) in [7, 11) is 0. The van der Waals surface area contributed by atoms with Gasteiger partial charge in [-0.15, -0.1) is 11.3 Å². The predicted octanol–water partition coefficient (Wildman–Crippen LogP) is 1.84. The van der Waals surface area contributed by atoms with E-state index in [-0.39, 0.29) is 11.8 Å². The lowest BCUT2D eigenvalue weighted by molar-refractivity contribution is -0.128. The molecule has 0 aliphatic carbocycles. The zero-order valence-electron chi connectivity index (χ0n) is 11.5. The standard InChI is InChI=1S/C15H12N2O3S/c1-14-5-6-15(2,20-14)11-10(14)12(18)17(13(11)19)9-4-3-8(7-16)21-9/h3-6,10-11H,1-2H3/t10-,11+,14?,15?. The van der Waals surface area contributed by atoms with Crippen molar-refractivity contribution in [2.75, 3.05) is 4.90 Å². The molecule has 1 aromatic heterocycles. The normalized spacial score (nSPS) is 40.0. The molecule has 4 rings (SSSR count). The third-order valence-corrected chi connectivity index (χ3v) is 5.62. The van der Waals surface area contributed by atoms with Crippen LogP contribution in [0.3, 0.4) is 0 Å². The first-order chi connectivity index (χ1) is 9.89. The van der Waals surface area contributed by atoms with E-state index < -0.39 is 23.0 Å². The summed E-state index contributed by atoms with van der Waals surface area (Å²) in [6, 6.07) is 5.31. The molecule has 3 aliphatic rings. The van der Waals surface area contributed by atoms with Crippen LogP contribution in [0.5, 0.6) is 0 Å². The van der Waals surface area contributed by atoms with Crippen molar-refractivity contribution in [3.8, 4) is 6.07 Å². The van der Waals surface area contributed by atoms with Crippen molar-refractivity contribution in [2.24, 2.45) is 11.8 Å². The van der Waals surface area contributed by atoms with Gasteiger partial charge in [0.25, 0.3) is 0 Å². The second-order valence-electron chi connectivity index (χ2n) is 6.02. The summed E-state index contributed by atoms with van der Waals surface area (Å²) in [5.41, 5.74) is -1.42. The Kier molecular flexibility index (Phi) is 2.19. The molecule has 21 heavy (non-hydrogen) atoms. The van der Waals surface area contributed by atoms with E-state index in [4.69, 9.17) is 10.00 Å². The summed E-state index contributed by atoms with van der Waals surface area (Å²) in [4.78, 5) is 27.2. The second-order valence-corrected chi connectivity index (χ2v) is 7.08. The van der Waals surface area contributed by atoms with E-state index in [1.54, 1.807) is 12.1 Å². The van der Waals surface area contributed by atoms with Crippen LogP contribution in [0, 0.1) is 23.2 Å². The van der Waals surface area contributed by atoms with Gasteiger partial charge in [0.15, 0.2) is 0 Å². The monoisotopic (exact) mass is 300 g/mol. The Labute approximate surface area is 125 Å². The van der Waals surface area contributed by atoms with Crippen molar-refractivity contribution in [3.63, 3.8) is 0 Å². The molecule has 0 aromatic carbocycles. The van der Waals surface area contributed by atoms with Crippen LogP contribution in [-0.2, 0) is 14.3 Å². The van der Waals surface area contributed by atoms with Gasteiger partial charge in [0.2, 0.25) is 11.8 Å². The highest BCUT2D eigenvalue weighted by atomic mass is 32.1. The number of thiophene rings is 1. The van der Waals surface area contributed by atoms with Gasteiger partial charge in [0.05, 0.1) is 23.0 Å². The number of imide groups is 1. The first kappa shape index (κ1) is 12.7. The van der Waals surface area contributed by atoms with Crippen LogP contribution < -0.4 is 4.90 Å². The Morgan fingerprint density at radius 1 is 1.19 bits per heavy atom. The lowest BCUT2D eigenvalue weighted by Crippen LogP contribution is -2.39. The van der Waals surface area contributed by atoms with Crippen molar-refractivity contribution in [2.45, 2.75) is 25.0 Å². The largest absolute Gasteiger partial charge is 0.359 e. The highest BCUT2D eigenvalue weighted by Gasteiger charge is 2.70. The maximum absolute atomic E-state index is 12.7. The minimum atomic E-state index is -0.712. The number of hydrogen-bond donors (Lipinski definition) is 0. The molecule has 0 radical (unpaired) electrons. The molecule has 0 N–H and O–H groups in total. The number of hydrogen-bond acceptors (Lipinski definition) is 5. The molecular weight excluding hydrogens is 288 g/mol. The molecule has 1 aromatic rings. The van der Waals surface area contributed by atoms with Gasteiger partial charge >= 0.3 is 0 Å². The molecular formula is C15H12N2O3S. The van der Waals surface area contributed by atoms with Crippen LogP contribution >= 0.6 is 11.3 Å². The smallest absolute Gasteiger partial charge is 0.241 e. The first-order valence-electron chi connectivity index (χ1n) is 6.68. The van der Waals surface area contributed by atoms with Crippen LogP contribution in [-0.4, -0.2) is 23.0 Å². The molecule has 5 nitrogen and oxygen atoms in total. The van der Waals surface area contributed by atoms with Crippen LogP contribution in [0.2, 0.25) is 0 Å². The van der Waals surface area contributed by atoms with E-state index in [9.17, 15) is 9.59 Å². The topological polar surface area (TPSA) is 70.4 Å². The van der Waals surface area contributed by atoms with Crippen molar-refractivity contribution < 1.29 is 14.3 Å². The average molecular weight is 300 g/mol. The van der Waals surface area contributed by atoms with Crippen LogP contribution in [0.15, 0.2) is 24.3 Å². The number of nitriles is 1. The number of carbonyl (C=O) groups is 2. The van der Waals surface area contributed by atoms with E-state index in [1.807, 2.05) is 32.1 Å². The van der Waals surface area contributed by atoms with Crippen molar-refractivity contribution in [1.29, 1.82) is 5.26 Å². The second kappa shape index (κ2) is 3.62. The van der Waals surface area contributed by atoms with Crippen molar-refractivity contribution in [3.05, 3.63) is 29.2 Å². The Morgan fingerprint density at radius 2 is 1.76 bits per heavy atom. The minimum absolute atomic E-state index is 0.230. The molecule has 2 amide bonds. The first-order valence-corrected chi connectivity index (χ1v) is 7.50. The SMILES string of the molecule is CC12C=CC(C)(O1)[C@H]1C(=O)N(c3ccc(C#N)s3)C(=O)[C@H]12. The number of nitrogens with zero attached hydrogens (tertiary/aromatic N) is 2. The summed E-state index contributed by atoms with van der Waals surface area (Å²) in [5.74, 6) is -1.42. The maximum atomic E-state index is 12.7. The quantitative estimate of drug-likeness (QED) is 0.586. The Morgan fingerprint density at radius 3 is 2.24 bits per heavy atom. The molecule has 106 valence electrons. The van der Waals surface area contributed by atoms with Crippen molar-refractivity contribution in [1.82, 2.24) is 0 Å². The number of amides is 2. The summed E-state index contributed by atoms with van der Waals surface area (Å²) in [6.45, 7) is 3.70. The maximum Gasteiger partial charge on any atom is 0.241 e. The highest BCUT2D eigenvalue weighted by Crippen LogP contribution is 2.57. The molecule has 0 spiro atoms. The number of carbonyl (C=O) groups excluding carboxylic acids is 2. The van der Waals surface area contributed by atoms with Gasteiger partial charge in [-0.05, 0) is 26.0 Å². The Balaban J connectivity index is 1.80. The van der Waals surface area contributed by atoms with E-state index in [0.717, 1.165) is 11.3 Å². The number of fused-ring (bicyclic) bond motifs is 5. The van der Waals surface area contributed by atoms with E-state index in [1.165, 1.54) is 4.90 Å². The van der Waals surface area contributed by atoms with E-state index in [2.05, 4.69) is 0 Å². The molecule has 6 heteroatoms. The molecule has 2 bridgehead atoms. The summed E-state index contributed by atoms with van der Waals surface area (Å²) >= 11 is 1.16. The molecule has 2 fully saturated rings. The van der Waals surface area contributed by atoms with Crippen LogP contribution in [0.25, 0.3) is 0 Å². The average Bonchev–Trinajstić information content (AvgIpc) is 3.11. The zero-order valence-corrected chi connectivity index (χ0v) is 12.3. The number of rotatable bonds is 1. The van der Waals surface area contributed by atoms with Crippen molar-refractivity contribution >= 4 is 28.2 Å². The lowest BCUT2D eigenvalue weighted by Gasteiger charge is -2.24. The van der Waals surface area contributed by atoms with Crippen LogP contribution in [0.4, 0.5) is 5.00 Å². The Bertz CT molecular complexity index is 725.